The van der Waals surface area contributed by atoms with Crippen molar-refractivity contribution in [3.05, 3.63) is 57.6 Å². The molecule has 0 N–H and O–H groups in total. The SMILES string of the molecule is Cc1ccc(C=O)cc1Oc1cc(Cl)cc(Cl)c1. The van der Waals surface area contributed by atoms with Gasteiger partial charge in [0.1, 0.15) is 17.8 Å². The van der Waals surface area contributed by atoms with Crippen LogP contribution in [0.15, 0.2) is 36.4 Å². The molecular weight excluding hydrogens is 271 g/mol. The van der Waals surface area contributed by atoms with Gasteiger partial charge in [0.05, 0.1) is 0 Å². The number of hydrogen-bond acceptors (Lipinski definition) is 2. The van der Waals surface area contributed by atoms with Crippen molar-refractivity contribution in [3.63, 3.8) is 0 Å². The number of aryl methyl sites for hydroxylation is 1. The molecule has 0 saturated heterocycles. The lowest BCUT2D eigenvalue weighted by Gasteiger charge is -2.09. The van der Waals surface area contributed by atoms with Gasteiger partial charge in [-0.15, -0.1) is 0 Å². The van der Waals surface area contributed by atoms with Crippen molar-refractivity contribution >= 4 is 29.5 Å². The van der Waals surface area contributed by atoms with Gasteiger partial charge in [-0.1, -0.05) is 35.3 Å². The Labute approximate surface area is 115 Å². The van der Waals surface area contributed by atoms with Crippen LogP contribution in [0.25, 0.3) is 0 Å². The molecule has 0 aromatic heterocycles. The van der Waals surface area contributed by atoms with Crippen LogP contribution in [0.1, 0.15) is 15.9 Å². The molecule has 0 fully saturated rings. The molecule has 0 saturated carbocycles. The van der Waals surface area contributed by atoms with Crippen LogP contribution < -0.4 is 4.74 Å². The van der Waals surface area contributed by atoms with Crippen LogP contribution >= 0.6 is 23.2 Å². The van der Waals surface area contributed by atoms with Gasteiger partial charge in [-0.25, -0.2) is 0 Å². The van der Waals surface area contributed by atoms with Crippen molar-refractivity contribution in [1.82, 2.24) is 0 Å². The predicted octanol–water partition coefficient (Wildman–Crippen LogP) is 4.91. The molecule has 0 aliphatic carbocycles. The molecule has 0 aliphatic rings. The van der Waals surface area contributed by atoms with Gasteiger partial charge >= 0.3 is 0 Å². The summed E-state index contributed by atoms with van der Waals surface area (Å²) in [5.74, 6) is 1.15. The van der Waals surface area contributed by atoms with Gasteiger partial charge in [0.15, 0.2) is 0 Å². The molecule has 0 heterocycles. The lowest BCUT2D eigenvalue weighted by atomic mass is 10.1. The summed E-state index contributed by atoms with van der Waals surface area (Å²) >= 11 is 11.8. The van der Waals surface area contributed by atoms with Crippen LogP contribution in [0.2, 0.25) is 10.0 Å². The second-order valence-corrected chi connectivity index (χ2v) is 4.72. The highest BCUT2D eigenvalue weighted by Crippen LogP contribution is 2.30. The van der Waals surface area contributed by atoms with Crippen molar-refractivity contribution in [3.8, 4) is 11.5 Å². The van der Waals surface area contributed by atoms with E-state index in [4.69, 9.17) is 27.9 Å². The fourth-order valence-corrected chi connectivity index (χ4v) is 2.02. The Morgan fingerprint density at radius 2 is 1.72 bits per heavy atom. The summed E-state index contributed by atoms with van der Waals surface area (Å²) in [5, 5.41) is 1.00. The number of benzene rings is 2. The highest BCUT2D eigenvalue weighted by molar-refractivity contribution is 6.34. The standard InChI is InChI=1S/C14H10Cl2O2/c1-9-2-3-10(8-17)4-14(9)18-13-6-11(15)5-12(16)7-13/h2-8H,1H3. The molecule has 0 aliphatic heterocycles. The first-order chi connectivity index (χ1) is 8.58. The van der Waals surface area contributed by atoms with Gasteiger partial charge in [-0.3, -0.25) is 4.79 Å². The first-order valence-electron chi connectivity index (χ1n) is 5.28. The molecule has 0 bridgehead atoms. The molecule has 0 spiro atoms. The molecule has 0 radical (unpaired) electrons. The maximum absolute atomic E-state index is 10.7. The topological polar surface area (TPSA) is 26.3 Å². The molecule has 2 nitrogen and oxygen atoms in total. The van der Waals surface area contributed by atoms with E-state index < -0.39 is 0 Å². The quantitative estimate of drug-likeness (QED) is 0.747. The summed E-state index contributed by atoms with van der Waals surface area (Å²) in [6.07, 6.45) is 0.775. The summed E-state index contributed by atoms with van der Waals surface area (Å²) in [7, 11) is 0. The van der Waals surface area contributed by atoms with Gasteiger partial charge < -0.3 is 4.74 Å². The highest BCUT2D eigenvalue weighted by atomic mass is 35.5. The Balaban J connectivity index is 2.35. The van der Waals surface area contributed by atoms with Gasteiger partial charge in [-0.2, -0.15) is 0 Å². The highest BCUT2D eigenvalue weighted by Gasteiger charge is 2.05. The van der Waals surface area contributed by atoms with Crippen molar-refractivity contribution < 1.29 is 9.53 Å². The molecule has 18 heavy (non-hydrogen) atoms. The van der Waals surface area contributed by atoms with Crippen LogP contribution in [0.4, 0.5) is 0 Å². The minimum absolute atomic E-state index is 0.502. The van der Waals surface area contributed by atoms with Crippen molar-refractivity contribution in [2.45, 2.75) is 6.92 Å². The van der Waals surface area contributed by atoms with Crippen LogP contribution in [0, 0.1) is 6.92 Å². The van der Waals surface area contributed by atoms with E-state index in [1.807, 2.05) is 13.0 Å². The lowest BCUT2D eigenvalue weighted by Crippen LogP contribution is -1.90. The van der Waals surface area contributed by atoms with E-state index in [2.05, 4.69) is 0 Å². The fraction of sp³-hybridized carbons (Fsp3) is 0.0714. The van der Waals surface area contributed by atoms with Gasteiger partial charge in [-0.05, 0) is 36.8 Å². The maximum Gasteiger partial charge on any atom is 0.150 e. The molecule has 2 aromatic rings. The third-order valence-corrected chi connectivity index (χ3v) is 2.85. The smallest absolute Gasteiger partial charge is 0.150 e. The predicted molar refractivity (Wildman–Crippen MR) is 73.1 cm³/mol. The molecule has 2 aromatic carbocycles. The fourth-order valence-electron chi connectivity index (χ4n) is 1.51. The van der Waals surface area contributed by atoms with E-state index in [1.165, 1.54) is 0 Å². The lowest BCUT2D eigenvalue weighted by molar-refractivity contribution is 0.112. The Bertz CT molecular complexity index is 574. The number of aldehydes is 1. The second kappa shape index (κ2) is 5.42. The average Bonchev–Trinajstić information content (AvgIpc) is 2.30. The summed E-state index contributed by atoms with van der Waals surface area (Å²) in [6.45, 7) is 1.90. The van der Waals surface area contributed by atoms with E-state index >= 15 is 0 Å². The van der Waals surface area contributed by atoms with Gasteiger partial charge in [0.2, 0.25) is 0 Å². The van der Waals surface area contributed by atoms with Crippen LogP contribution in [0.3, 0.4) is 0 Å². The Hall–Kier alpha value is -1.51. The maximum atomic E-state index is 10.7. The summed E-state index contributed by atoms with van der Waals surface area (Å²) in [6, 6.07) is 10.2. The molecular formula is C14H10Cl2O2. The zero-order chi connectivity index (χ0) is 13.1. The summed E-state index contributed by atoms with van der Waals surface area (Å²) < 4.78 is 5.69. The number of rotatable bonds is 3. The summed E-state index contributed by atoms with van der Waals surface area (Å²) in [5.41, 5.74) is 1.49. The number of halogens is 2. The van der Waals surface area contributed by atoms with Gasteiger partial charge in [0.25, 0.3) is 0 Å². The third kappa shape index (κ3) is 3.03. The van der Waals surface area contributed by atoms with Crippen LogP contribution in [0.5, 0.6) is 11.5 Å². The minimum Gasteiger partial charge on any atom is -0.457 e. The molecule has 4 heteroatoms. The zero-order valence-electron chi connectivity index (χ0n) is 9.61. The van der Waals surface area contributed by atoms with E-state index in [0.717, 1.165) is 11.8 Å². The normalized spacial score (nSPS) is 10.2. The van der Waals surface area contributed by atoms with E-state index in [0.29, 0.717) is 27.1 Å². The Morgan fingerprint density at radius 3 is 2.33 bits per heavy atom. The number of carbonyl (C=O) groups is 1. The first-order valence-corrected chi connectivity index (χ1v) is 6.04. The third-order valence-electron chi connectivity index (χ3n) is 2.41. The monoisotopic (exact) mass is 280 g/mol. The van der Waals surface area contributed by atoms with Crippen molar-refractivity contribution in [2.75, 3.05) is 0 Å². The minimum atomic E-state index is 0.502. The largest absolute Gasteiger partial charge is 0.457 e. The van der Waals surface area contributed by atoms with Crippen molar-refractivity contribution in [2.24, 2.45) is 0 Å². The number of hydrogen-bond donors (Lipinski definition) is 0. The van der Waals surface area contributed by atoms with Gasteiger partial charge in [0, 0.05) is 15.6 Å². The second-order valence-electron chi connectivity index (χ2n) is 3.85. The number of ether oxygens (including phenoxy) is 1. The molecule has 0 unspecified atom stereocenters. The first kappa shape index (κ1) is 12.9. The Kier molecular flexibility index (Phi) is 3.90. The van der Waals surface area contributed by atoms with Crippen molar-refractivity contribution in [1.29, 1.82) is 0 Å². The zero-order valence-corrected chi connectivity index (χ0v) is 11.1. The van der Waals surface area contributed by atoms with E-state index in [1.54, 1.807) is 30.3 Å². The molecule has 92 valence electrons. The molecule has 0 amide bonds. The summed E-state index contributed by atoms with van der Waals surface area (Å²) in [4.78, 5) is 10.7. The molecule has 2 rings (SSSR count). The van der Waals surface area contributed by atoms with E-state index in [9.17, 15) is 4.79 Å². The average molecular weight is 281 g/mol. The number of carbonyl (C=O) groups excluding carboxylic acids is 1. The molecule has 0 atom stereocenters. The van der Waals surface area contributed by atoms with E-state index in [-0.39, 0.29) is 0 Å². The van der Waals surface area contributed by atoms with Crippen LogP contribution in [-0.4, -0.2) is 6.29 Å². The Morgan fingerprint density at radius 1 is 1.06 bits per heavy atom. The van der Waals surface area contributed by atoms with Crippen LogP contribution in [-0.2, 0) is 0 Å².